The lowest BCUT2D eigenvalue weighted by Crippen LogP contribution is -2.71. The number of rotatable bonds is 1. The summed E-state index contributed by atoms with van der Waals surface area (Å²) in [5.41, 5.74) is -0.525. The maximum absolute atomic E-state index is 11.8. The molecule has 96 valence electrons. The third-order valence-corrected chi connectivity index (χ3v) is 3.16. The summed E-state index contributed by atoms with van der Waals surface area (Å²) in [5.74, 6) is 0.0283. The van der Waals surface area contributed by atoms with Crippen LogP contribution in [-0.2, 0) is 9.53 Å². The van der Waals surface area contributed by atoms with Crippen molar-refractivity contribution in [1.29, 1.82) is 0 Å². The number of ether oxygens (including phenoxy) is 1. The molecule has 2 amide bonds. The van der Waals surface area contributed by atoms with Gasteiger partial charge in [-0.2, -0.15) is 0 Å². The highest BCUT2D eigenvalue weighted by molar-refractivity contribution is 5.92. The quantitative estimate of drug-likeness (QED) is 0.702. The molecule has 0 aromatic rings. The normalized spacial score (nSPS) is 28.2. The number of nitrogens with zero attached hydrogens (tertiary/aromatic N) is 1. The summed E-state index contributed by atoms with van der Waals surface area (Å²) in [4.78, 5) is 25.2. The van der Waals surface area contributed by atoms with Gasteiger partial charge in [0, 0.05) is 6.54 Å². The average Bonchev–Trinajstić information content (AvgIpc) is 2.23. The molecule has 2 saturated heterocycles. The lowest BCUT2D eigenvalue weighted by Gasteiger charge is -2.49. The van der Waals surface area contributed by atoms with Crippen LogP contribution in [0.3, 0.4) is 0 Å². The largest absolute Gasteiger partial charge is 0.444 e. The summed E-state index contributed by atoms with van der Waals surface area (Å²) in [7, 11) is 0. The van der Waals surface area contributed by atoms with E-state index >= 15 is 0 Å². The Kier molecular flexibility index (Phi) is 3.02. The van der Waals surface area contributed by atoms with Gasteiger partial charge in [-0.3, -0.25) is 4.79 Å². The molecule has 0 spiro atoms. The molecule has 2 rings (SSSR count). The predicted molar refractivity (Wildman–Crippen MR) is 62.5 cm³/mol. The zero-order valence-corrected chi connectivity index (χ0v) is 10.7. The molecular formula is C12H20N2O3. The van der Waals surface area contributed by atoms with Crippen molar-refractivity contribution in [1.82, 2.24) is 10.2 Å². The molecule has 0 aromatic heterocycles. The van der Waals surface area contributed by atoms with Crippen LogP contribution in [0.1, 0.15) is 40.0 Å². The Hall–Kier alpha value is -1.26. The van der Waals surface area contributed by atoms with Crippen molar-refractivity contribution in [3.63, 3.8) is 0 Å². The fourth-order valence-electron chi connectivity index (χ4n) is 2.43. The molecule has 2 aliphatic rings. The zero-order chi connectivity index (χ0) is 12.6. The Morgan fingerprint density at radius 2 is 2.12 bits per heavy atom. The summed E-state index contributed by atoms with van der Waals surface area (Å²) < 4.78 is 5.15. The summed E-state index contributed by atoms with van der Waals surface area (Å²) in [6.45, 7) is 6.25. The van der Waals surface area contributed by atoms with E-state index in [0.29, 0.717) is 0 Å². The number of carbonyl (C=O) groups is 2. The fraction of sp³-hybridized carbons (Fsp3) is 0.833. The first-order chi connectivity index (χ1) is 7.88. The number of β-lactam (4-membered cyclic amide) rings is 1. The Morgan fingerprint density at radius 1 is 1.41 bits per heavy atom. The molecule has 5 nitrogen and oxygen atoms in total. The Bertz CT molecular complexity index is 335. The van der Waals surface area contributed by atoms with Crippen LogP contribution in [-0.4, -0.2) is 41.1 Å². The molecule has 2 heterocycles. The predicted octanol–water partition coefficient (Wildman–Crippen LogP) is 1.27. The van der Waals surface area contributed by atoms with Crippen molar-refractivity contribution in [3.8, 4) is 0 Å². The Labute approximate surface area is 101 Å². The molecule has 2 aliphatic heterocycles. The number of nitrogens with one attached hydrogen (secondary N) is 1. The van der Waals surface area contributed by atoms with Crippen molar-refractivity contribution in [2.24, 2.45) is 0 Å². The summed E-state index contributed by atoms with van der Waals surface area (Å²) in [5, 5.41) is 2.67. The number of hydrogen-bond acceptors (Lipinski definition) is 3. The van der Waals surface area contributed by atoms with E-state index in [2.05, 4.69) is 5.32 Å². The maximum Gasteiger partial charge on any atom is 0.408 e. The first-order valence-electron chi connectivity index (χ1n) is 6.18. The van der Waals surface area contributed by atoms with Gasteiger partial charge >= 0.3 is 6.09 Å². The van der Waals surface area contributed by atoms with E-state index in [1.165, 1.54) is 0 Å². The highest BCUT2D eigenvalue weighted by atomic mass is 16.6. The van der Waals surface area contributed by atoms with Gasteiger partial charge in [-0.05, 0) is 40.0 Å². The topological polar surface area (TPSA) is 58.6 Å². The van der Waals surface area contributed by atoms with E-state index in [0.717, 1.165) is 25.8 Å². The van der Waals surface area contributed by atoms with Gasteiger partial charge in [-0.1, -0.05) is 0 Å². The molecule has 0 aromatic carbocycles. The first kappa shape index (κ1) is 12.2. The third kappa shape index (κ3) is 2.53. The van der Waals surface area contributed by atoms with E-state index < -0.39 is 11.7 Å². The SMILES string of the molecule is CC(C)(C)OC(=O)N[C@H]1C(=O)N2CCCC[C@H]12. The first-order valence-corrected chi connectivity index (χ1v) is 6.18. The highest BCUT2D eigenvalue weighted by Gasteiger charge is 2.49. The van der Waals surface area contributed by atoms with Gasteiger partial charge in [0.15, 0.2) is 0 Å². The standard InChI is InChI=1S/C12H20N2O3/c1-12(2,3)17-11(16)13-9-8-6-4-5-7-14(8)10(9)15/h8-9H,4-7H2,1-3H3,(H,13,16)/t8-,9-/m1/s1. The zero-order valence-electron chi connectivity index (χ0n) is 10.7. The monoisotopic (exact) mass is 240 g/mol. The van der Waals surface area contributed by atoms with Crippen LogP contribution >= 0.6 is 0 Å². The summed E-state index contributed by atoms with van der Waals surface area (Å²) in [6, 6.07) is -0.186. The number of carbonyl (C=O) groups excluding carboxylic acids is 2. The molecule has 0 bridgehead atoms. The molecule has 2 atom stereocenters. The second-order valence-corrected chi connectivity index (χ2v) is 5.72. The van der Waals surface area contributed by atoms with Gasteiger partial charge in [-0.15, -0.1) is 0 Å². The lowest BCUT2D eigenvalue weighted by molar-refractivity contribution is -0.153. The van der Waals surface area contributed by atoms with Crippen molar-refractivity contribution in [2.45, 2.75) is 57.7 Å². The Balaban J connectivity index is 1.87. The molecule has 17 heavy (non-hydrogen) atoms. The summed E-state index contributed by atoms with van der Waals surface area (Å²) in [6.07, 6.45) is 2.68. The smallest absolute Gasteiger partial charge is 0.408 e. The van der Waals surface area contributed by atoms with Crippen LogP contribution in [0.15, 0.2) is 0 Å². The molecule has 1 N–H and O–H groups in total. The van der Waals surface area contributed by atoms with Gasteiger partial charge in [-0.25, -0.2) is 4.79 Å². The molecule has 0 aliphatic carbocycles. The number of piperidine rings is 1. The molecule has 2 fully saturated rings. The van der Waals surface area contributed by atoms with Gasteiger partial charge in [0.05, 0.1) is 6.04 Å². The molecule has 5 heteroatoms. The fourth-order valence-corrected chi connectivity index (χ4v) is 2.43. The number of amides is 2. The van der Waals surface area contributed by atoms with E-state index in [1.54, 1.807) is 0 Å². The van der Waals surface area contributed by atoms with Crippen molar-refractivity contribution in [2.75, 3.05) is 6.54 Å². The highest BCUT2D eigenvalue weighted by Crippen LogP contribution is 2.29. The van der Waals surface area contributed by atoms with E-state index in [9.17, 15) is 9.59 Å². The van der Waals surface area contributed by atoms with Gasteiger partial charge in [0.25, 0.3) is 0 Å². The number of alkyl carbamates (subject to hydrolysis) is 1. The van der Waals surface area contributed by atoms with E-state index in [1.807, 2.05) is 25.7 Å². The Morgan fingerprint density at radius 3 is 2.76 bits per heavy atom. The van der Waals surface area contributed by atoms with Crippen LogP contribution in [0.5, 0.6) is 0 Å². The van der Waals surface area contributed by atoms with Gasteiger partial charge in [0.1, 0.15) is 11.6 Å². The van der Waals surface area contributed by atoms with E-state index in [4.69, 9.17) is 4.74 Å². The van der Waals surface area contributed by atoms with Crippen LogP contribution in [0.25, 0.3) is 0 Å². The van der Waals surface area contributed by atoms with Crippen LogP contribution in [0.4, 0.5) is 4.79 Å². The lowest BCUT2D eigenvalue weighted by atomic mass is 9.86. The number of hydrogen-bond donors (Lipinski definition) is 1. The van der Waals surface area contributed by atoms with Crippen molar-refractivity contribution in [3.05, 3.63) is 0 Å². The van der Waals surface area contributed by atoms with Crippen LogP contribution in [0.2, 0.25) is 0 Å². The van der Waals surface area contributed by atoms with Crippen molar-refractivity contribution < 1.29 is 14.3 Å². The van der Waals surface area contributed by atoms with Gasteiger partial charge < -0.3 is 15.0 Å². The summed E-state index contributed by atoms with van der Waals surface area (Å²) >= 11 is 0. The maximum atomic E-state index is 11.8. The minimum Gasteiger partial charge on any atom is -0.444 e. The molecule has 0 saturated carbocycles. The average molecular weight is 240 g/mol. The molecule has 0 radical (unpaired) electrons. The second kappa shape index (κ2) is 4.20. The van der Waals surface area contributed by atoms with Gasteiger partial charge in [0.2, 0.25) is 5.91 Å². The van der Waals surface area contributed by atoms with Crippen LogP contribution in [0, 0.1) is 0 Å². The second-order valence-electron chi connectivity index (χ2n) is 5.72. The molecule has 0 unspecified atom stereocenters. The molecular weight excluding hydrogens is 220 g/mol. The third-order valence-electron chi connectivity index (χ3n) is 3.16. The number of fused-ring (bicyclic) bond motifs is 1. The minimum atomic E-state index is -0.525. The minimum absolute atomic E-state index is 0.0283. The van der Waals surface area contributed by atoms with E-state index in [-0.39, 0.29) is 18.0 Å². The van der Waals surface area contributed by atoms with Crippen LogP contribution < -0.4 is 5.32 Å². The van der Waals surface area contributed by atoms with Crippen molar-refractivity contribution >= 4 is 12.0 Å².